The third kappa shape index (κ3) is 5.12. The Kier molecular flexibility index (Phi) is 7.95. The molecule has 5 rings (SSSR count). The van der Waals surface area contributed by atoms with Gasteiger partial charge in [0.15, 0.2) is 11.6 Å². The molecule has 3 aromatic rings. The standard InChI is InChI=1S/C26H27Cl2FN4O3.ClH/c1-13-9-32(10-14(2)31-13)23-21(29)7-18-22-25(23)36-12-15(3)33(22)11-19(24(18)34)26(35)30-8-16-4-5-17(27)6-20(16)28;/h4-7,11,13-15,31H,8-10,12H2,1-3H3,(H,30,35);1H. The fourth-order valence-electron chi connectivity index (χ4n) is 5.11. The van der Waals surface area contributed by atoms with Crippen molar-refractivity contribution in [3.05, 3.63) is 67.7 Å². The van der Waals surface area contributed by atoms with E-state index in [1.807, 2.05) is 30.2 Å². The third-order valence-electron chi connectivity index (χ3n) is 6.71. The van der Waals surface area contributed by atoms with E-state index in [0.29, 0.717) is 52.3 Å². The molecule has 37 heavy (non-hydrogen) atoms. The number of nitrogens with zero attached hydrogens (tertiary/aromatic N) is 2. The molecular formula is C26H28Cl3FN4O3. The number of rotatable bonds is 4. The van der Waals surface area contributed by atoms with Gasteiger partial charge in [0.25, 0.3) is 5.91 Å². The Bertz CT molecular complexity index is 1420. The fourth-order valence-corrected chi connectivity index (χ4v) is 5.59. The van der Waals surface area contributed by atoms with Crippen molar-refractivity contribution in [3.63, 3.8) is 0 Å². The number of aromatic nitrogens is 1. The molecule has 2 aromatic carbocycles. The maximum absolute atomic E-state index is 15.6. The van der Waals surface area contributed by atoms with E-state index in [1.165, 1.54) is 6.07 Å². The van der Waals surface area contributed by atoms with Gasteiger partial charge in [-0.1, -0.05) is 29.3 Å². The van der Waals surface area contributed by atoms with Crippen LogP contribution in [0.1, 0.15) is 42.7 Å². The molecule has 3 unspecified atom stereocenters. The molecule has 1 saturated heterocycles. The van der Waals surface area contributed by atoms with E-state index >= 15 is 4.39 Å². The largest absolute Gasteiger partial charge is 0.487 e. The maximum atomic E-state index is 15.6. The average Bonchev–Trinajstić information content (AvgIpc) is 2.81. The van der Waals surface area contributed by atoms with Crippen LogP contribution in [0.15, 0.2) is 35.3 Å². The first-order chi connectivity index (χ1) is 17.1. The molecule has 2 aliphatic heterocycles. The van der Waals surface area contributed by atoms with Crippen LogP contribution in [0.4, 0.5) is 10.1 Å². The van der Waals surface area contributed by atoms with E-state index < -0.39 is 17.2 Å². The third-order valence-corrected chi connectivity index (χ3v) is 7.30. The maximum Gasteiger partial charge on any atom is 0.257 e. The lowest BCUT2D eigenvalue weighted by Gasteiger charge is -2.39. The van der Waals surface area contributed by atoms with Gasteiger partial charge < -0.3 is 24.8 Å². The average molecular weight is 570 g/mol. The topological polar surface area (TPSA) is 75.6 Å². The minimum absolute atomic E-state index is 0. The molecule has 0 saturated carbocycles. The van der Waals surface area contributed by atoms with Gasteiger partial charge in [-0.25, -0.2) is 4.39 Å². The number of amides is 1. The Hall–Kier alpha value is -2.52. The van der Waals surface area contributed by atoms with Gasteiger partial charge >= 0.3 is 0 Å². The van der Waals surface area contributed by atoms with Gasteiger partial charge in [-0.3, -0.25) is 9.59 Å². The van der Waals surface area contributed by atoms with Crippen molar-refractivity contribution >= 4 is 58.1 Å². The molecule has 2 aliphatic rings. The van der Waals surface area contributed by atoms with Crippen molar-refractivity contribution < 1.29 is 13.9 Å². The lowest BCUT2D eigenvalue weighted by Crippen LogP contribution is -2.54. The first-order valence-electron chi connectivity index (χ1n) is 11.9. The zero-order chi connectivity index (χ0) is 25.7. The van der Waals surface area contributed by atoms with Crippen LogP contribution < -0.4 is 25.7 Å². The van der Waals surface area contributed by atoms with Gasteiger partial charge in [0.2, 0.25) is 5.43 Å². The first-order valence-corrected chi connectivity index (χ1v) is 12.7. The van der Waals surface area contributed by atoms with Crippen LogP contribution in [0.5, 0.6) is 5.75 Å². The van der Waals surface area contributed by atoms with Gasteiger partial charge in [0.05, 0.1) is 16.9 Å². The summed E-state index contributed by atoms with van der Waals surface area (Å²) >= 11 is 12.2. The van der Waals surface area contributed by atoms with Gasteiger partial charge in [-0.05, 0) is 44.5 Å². The lowest BCUT2D eigenvalue weighted by atomic mass is 10.0. The molecule has 7 nitrogen and oxygen atoms in total. The number of carbonyl (C=O) groups excluding carboxylic acids is 1. The van der Waals surface area contributed by atoms with E-state index in [4.69, 9.17) is 27.9 Å². The van der Waals surface area contributed by atoms with E-state index in [2.05, 4.69) is 10.6 Å². The summed E-state index contributed by atoms with van der Waals surface area (Å²) in [7, 11) is 0. The van der Waals surface area contributed by atoms with Crippen molar-refractivity contribution in [1.82, 2.24) is 15.2 Å². The van der Waals surface area contributed by atoms with Crippen LogP contribution in [0.25, 0.3) is 10.9 Å². The Morgan fingerprint density at radius 1 is 1.19 bits per heavy atom. The summed E-state index contributed by atoms with van der Waals surface area (Å²) in [4.78, 5) is 28.5. The highest BCUT2D eigenvalue weighted by Gasteiger charge is 2.32. The number of ether oxygens (including phenoxy) is 1. The van der Waals surface area contributed by atoms with Gasteiger partial charge in [0.1, 0.15) is 17.9 Å². The molecule has 0 spiro atoms. The number of anilines is 1. The second-order valence-corrected chi connectivity index (χ2v) is 10.5. The summed E-state index contributed by atoms with van der Waals surface area (Å²) in [6.45, 7) is 7.65. The van der Waals surface area contributed by atoms with Crippen molar-refractivity contribution in [1.29, 1.82) is 0 Å². The monoisotopic (exact) mass is 568 g/mol. The zero-order valence-corrected chi connectivity index (χ0v) is 22.9. The van der Waals surface area contributed by atoms with Gasteiger partial charge in [-0.15, -0.1) is 12.4 Å². The Balaban J connectivity index is 0.00000320. The van der Waals surface area contributed by atoms with Crippen LogP contribution in [0.2, 0.25) is 10.0 Å². The summed E-state index contributed by atoms with van der Waals surface area (Å²) in [5.74, 6) is -0.755. The fraction of sp³-hybridized carbons (Fsp3) is 0.385. The SMILES string of the molecule is CC1CN(c2c(F)cc3c(=O)c(C(=O)NCc4ccc(Cl)cc4Cl)cn4c3c2OCC4C)CC(C)N1.Cl. The molecule has 3 heterocycles. The Morgan fingerprint density at radius 3 is 2.57 bits per heavy atom. The highest BCUT2D eigenvalue weighted by molar-refractivity contribution is 6.35. The second kappa shape index (κ2) is 10.7. The molecule has 1 fully saturated rings. The smallest absolute Gasteiger partial charge is 0.257 e. The lowest BCUT2D eigenvalue weighted by molar-refractivity contribution is 0.0948. The number of halogens is 4. The van der Waals surface area contributed by atoms with E-state index in [-0.39, 0.29) is 48.0 Å². The van der Waals surface area contributed by atoms with E-state index in [0.717, 1.165) is 0 Å². The van der Waals surface area contributed by atoms with Crippen molar-refractivity contribution in [2.45, 2.75) is 45.4 Å². The molecule has 1 amide bonds. The Labute approximate surface area is 230 Å². The first kappa shape index (κ1) is 27.5. The molecule has 11 heteroatoms. The minimum Gasteiger partial charge on any atom is -0.487 e. The molecule has 0 aliphatic carbocycles. The molecule has 3 atom stereocenters. The summed E-state index contributed by atoms with van der Waals surface area (Å²) in [5, 5.41) is 7.21. The van der Waals surface area contributed by atoms with E-state index in [1.54, 1.807) is 24.4 Å². The molecular weight excluding hydrogens is 542 g/mol. The van der Waals surface area contributed by atoms with Crippen LogP contribution in [-0.4, -0.2) is 42.3 Å². The number of piperazine rings is 1. The second-order valence-electron chi connectivity index (χ2n) is 9.66. The normalized spacial score (nSPS) is 20.8. The molecule has 0 radical (unpaired) electrons. The summed E-state index contributed by atoms with van der Waals surface area (Å²) in [5.41, 5.74) is 0.913. The Morgan fingerprint density at radius 2 is 1.89 bits per heavy atom. The van der Waals surface area contributed by atoms with Crippen LogP contribution in [0.3, 0.4) is 0 Å². The van der Waals surface area contributed by atoms with Gasteiger partial charge in [0, 0.05) is 48.0 Å². The van der Waals surface area contributed by atoms with Gasteiger partial charge in [-0.2, -0.15) is 0 Å². The minimum atomic E-state index is -0.564. The number of carbonyl (C=O) groups is 1. The van der Waals surface area contributed by atoms with Crippen molar-refractivity contribution in [3.8, 4) is 5.75 Å². The van der Waals surface area contributed by atoms with Crippen LogP contribution in [0, 0.1) is 5.82 Å². The predicted octanol–water partition coefficient (Wildman–Crippen LogP) is 4.94. The quantitative estimate of drug-likeness (QED) is 0.466. The molecule has 0 bridgehead atoms. The number of nitrogens with one attached hydrogen (secondary N) is 2. The molecule has 2 N–H and O–H groups in total. The van der Waals surface area contributed by atoms with E-state index in [9.17, 15) is 9.59 Å². The predicted molar refractivity (Wildman–Crippen MR) is 148 cm³/mol. The highest BCUT2D eigenvalue weighted by atomic mass is 35.5. The molecule has 198 valence electrons. The number of pyridine rings is 1. The summed E-state index contributed by atoms with van der Waals surface area (Å²) in [6.07, 6.45) is 1.55. The van der Waals surface area contributed by atoms with Crippen LogP contribution >= 0.6 is 35.6 Å². The number of hydrogen-bond donors (Lipinski definition) is 2. The number of benzene rings is 2. The summed E-state index contributed by atoms with van der Waals surface area (Å²) < 4.78 is 23.5. The zero-order valence-electron chi connectivity index (χ0n) is 20.6. The van der Waals surface area contributed by atoms with Crippen molar-refractivity contribution in [2.75, 3.05) is 24.6 Å². The van der Waals surface area contributed by atoms with Crippen molar-refractivity contribution in [2.24, 2.45) is 0 Å². The summed E-state index contributed by atoms with van der Waals surface area (Å²) in [6, 6.07) is 6.39. The number of hydrogen-bond acceptors (Lipinski definition) is 5. The highest BCUT2D eigenvalue weighted by Crippen LogP contribution is 2.42. The van der Waals surface area contributed by atoms with Crippen LogP contribution in [-0.2, 0) is 6.54 Å². The molecule has 1 aromatic heterocycles.